The number of esters is 1. The molecule has 0 heterocycles. The van der Waals surface area contributed by atoms with Crippen LogP contribution in [0.15, 0.2) is 12.2 Å². The first-order valence-electron chi connectivity index (χ1n) is 32.0. The predicted molar refractivity (Wildman–Crippen MR) is 306 cm³/mol. The summed E-state index contributed by atoms with van der Waals surface area (Å²) in [6.45, 7) is 4.92. The Balaban J connectivity index is 3.33. The molecular weight excluding hydrogens is 863 g/mol. The van der Waals surface area contributed by atoms with Crippen LogP contribution in [-0.4, -0.2) is 47.4 Å². The molecule has 0 aliphatic carbocycles. The van der Waals surface area contributed by atoms with Crippen molar-refractivity contribution >= 4 is 11.9 Å². The molecule has 0 spiro atoms. The number of aliphatic hydroxyl groups is 2. The average Bonchev–Trinajstić information content (AvgIpc) is 3.36. The van der Waals surface area contributed by atoms with Crippen molar-refractivity contribution in [3.63, 3.8) is 0 Å². The maximum atomic E-state index is 12.4. The first kappa shape index (κ1) is 68.6. The minimum atomic E-state index is -0.840. The van der Waals surface area contributed by atoms with Crippen LogP contribution < -0.4 is 5.32 Å². The number of aliphatic hydroxyl groups excluding tert-OH is 2. The van der Waals surface area contributed by atoms with Crippen LogP contribution in [0.2, 0.25) is 0 Å². The fraction of sp³-hybridized carbons (Fsp3) is 0.938. The summed E-state index contributed by atoms with van der Waals surface area (Å²) in [5.41, 5.74) is 0. The van der Waals surface area contributed by atoms with E-state index in [-0.39, 0.29) is 18.5 Å². The maximum Gasteiger partial charge on any atom is 0.305 e. The number of carbonyl (C=O) groups is 2. The topological polar surface area (TPSA) is 95.9 Å². The molecule has 6 nitrogen and oxygen atoms in total. The molecule has 416 valence electrons. The number of hydrogen-bond donors (Lipinski definition) is 3. The summed E-state index contributed by atoms with van der Waals surface area (Å²) in [6.07, 6.45) is 72.7. The second kappa shape index (κ2) is 60.2. The predicted octanol–water partition coefficient (Wildman–Crippen LogP) is 20.0. The molecule has 3 N–H and O–H groups in total. The van der Waals surface area contributed by atoms with Gasteiger partial charge >= 0.3 is 5.97 Å². The molecule has 0 saturated heterocycles. The van der Waals surface area contributed by atoms with Crippen LogP contribution in [0, 0.1) is 0 Å². The maximum absolute atomic E-state index is 12.4. The van der Waals surface area contributed by atoms with Crippen LogP contribution in [-0.2, 0) is 14.3 Å². The highest BCUT2D eigenvalue weighted by atomic mass is 16.5. The molecule has 70 heavy (non-hydrogen) atoms. The SMILES string of the molecule is CCCCCCCCCCCC/C=C/C(O)C(CO)NC(=O)CCCCCCCCCCCCCCCCCCCCCCCCCCCCCCCOC(=O)CCCCCCCCCCCCCC. The Hall–Kier alpha value is -1.40. The van der Waals surface area contributed by atoms with E-state index >= 15 is 0 Å². The van der Waals surface area contributed by atoms with Gasteiger partial charge in [-0.3, -0.25) is 9.59 Å². The normalized spacial score (nSPS) is 12.6. The largest absolute Gasteiger partial charge is 0.466 e. The van der Waals surface area contributed by atoms with Crippen molar-refractivity contribution in [3.05, 3.63) is 12.2 Å². The zero-order valence-corrected chi connectivity index (χ0v) is 47.5. The standard InChI is InChI=1S/C64H125NO5/c1-3-5-7-9-11-13-15-36-40-44-48-52-56-62(67)61(60-66)65-63(68)57-53-49-45-41-37-34-32-30-28-26-24-22-20-18-17-19-21-23-25-27-29-31-33-35-39-43-47-51-55-59-70-64(69)58-54-50-46-42-38-16-14-12-10-8-6-4-2/h52,56,61-62,66-67H,3-51,53-55,57-60H2,1-2H3,(H,65,68)/b56-52+. The monoisotopic (exact) mass is 988 g/mol. The highest BCUT2D eigenvalue weighted by Gasteiger charge is 2.18. The quantitative estimate of drug-likeness (QED) is 0.0321. The molecule has 2 unspecified atom stereocenters. The first-order valence-corrected chi connectivity index (χ1v) is 32.0. The Morgan fingerprint density at radius 3 is 0.971 bits per heavy atom. The van der Waals surface area contributed by atoms with Gasteiger partial charge in [0, 0.05) is 12.8 Å². The molecule has 6 heteroatoms. The van der Waals surface area contributed by atoms with Crippen molar-refractivity contribution in [2.24, 2.45) is 0 Å². The first-order chi connectivity index (χ1) is 34.5. The van der Waals surface area contributed by atoms with Crippen LogP contribution in [0.5, 0.6) is 0 Å². The van der Waals surface area contributed by atoms with Crippen LogP contribution >= 0.6 is 0 Å². The Labute approximate surface area is 438 Å². The van der Waals surface area contributed by atoms with E-state index < -0.39 is 12.1 Å². The van der Waals surface area contributed by atoms with Crippen LogP contribution in [0.4, 0.5) is 0 Å². The lowest BCUT2D eigenvalue weighted by molar-refractivity contribution is -0.143. The Morgan fingerprint density at radius 2 is 0.657 bits per heavy atom. The van der Waals surface area contributed by atoms with Crippen molar-refractivity contribution in [3.8, 4) is 0 Å². The molecule has 0 bridgehead atoms. The highest BCUT2D eigenvalue weighted by Crippen LogP contribution is 2.18. The van der Waals surface area contributed by atoms with Crippen molar-refractivity contribution in [2.75, 3.05) is 13.2 Å². The summed E-state index contributed by atoms with van der Waals surface area (Å²) in [6, 6.07) is -0.623. The van der Waals surface area contributed by atoms with E-state index in [0.29, 0.717) is 19.4 Å². The number of allylic oxidation sites excluding steroid dienone is 1. The molecule has 2 atom stereocenters. The number of carbonyl (C=O) groups excluding carboxylic acids is 2. The smallest absolute Gasteiger partial charge is 0.305 e. The number of hydrogen-bond acceptors (Lipinski definition) is 5. The second-order valence-corrected chi connectivity index (χ2v) is 22.1. The molecule has 0 aliphatic rings. The fourth-order valence-corrected chi connectivity index (χ4v) is 10.2. The summed E-state index contributed by atoms with van der Waals surface area (Å²) >= 11 is 0. The molecule has 0 fully saturated rings. The second-order valence-electron chi connectivity index (χ2n) is 22.1. The van der Waals surface area contributed by atoms with Crippen molar-refractivity contribution in [1.29, 1.82) is 0 Å². The van der Waals surface area contributed by atoms with Gasteiger partial charge in [-0.2, -0.15) is 0 Å². The molecule has 0 aromatic carbocycles. The van der Waals surface area contributed by atoms with E-state index in [1.807, 2.05) is 6.08 Å². The zero-order chi connectivity index (χ0) is 50.7. The van der Waals surface area contributed by atoms with E-state index in [1.165, 1.54) is 295 Å². The van der Waals surface area contributed by atoms with Crippen LogP contribution in [0.3, 0.4) is 0 Å². The minimum Gasteiger partial charge on any atom is -0.466 e. The van der Waals surface area contributed by atoms with E-state index in [0.717, 1.165) is 38.5 Å². The number of rotatable bonds is 60. The number of ether oxygens (including phenoxy) is 1. The van der Waals surface area contributed by atoms with Gasteiger partial charge < -0.3 is 20.3 Å². The van der Waals surface area contributed by atoms with Gasteiger partial charge in [0.1, 0.15) is 0 Å². The average molecular weight is 989 g/mol. The van der Waals surface area contributed by atoms with Gasteiger partial charge in [0.05, 0.1) is 25.4 Å². The molecular formula is C64H125NO5. The molecule has 0 rings (SSSR count). The van der Waals surface area contributed by atoms with Gasteiger partial charge in [-0.15, -0.1) is 0 Å². The van der Waals surface area contributed by atoms with Crippen LogP contribution in [0.1, 0.15) is 361 Å². The van der Waals surface area contributed by atoms with Gasteiger partial charge in [-0.05, 0) is 32.1 Å². The van der Waals surface area contributed by atoms with Crippen molar-refractivity contribution < 1.29 is 24.5 Å². The Morgan fingerprint density at radius 1 is 0.386 bits per heavy atom. The van der Waals surface area contributed by atoms with Gasteiger partial charge in [0.2, 0.25) is 5.91 Å². The van der Waals surface area contributed by atoms with Gasteiger partial charge in [0.25, 0.3) is 0 Å². The summed E-state index contributed by atoms with van der Waals surface area (Å²) in [5.74, 6) is -0.0431. The van der Waals surface area contributed by atoms with E-state index in [2.05, 4.69) is 19.2 Å². The van der Waals surface area contributed by atoms with Gasteiger partial charge in [0.15, 0.2) is 0 Å². The third-order valence-corrected chi connectivity index (χ3v) is 15.1. The summed E-state index contributed by atoms with van der Waals surface area (Å²) in [4.78, 5) is 24.5. The van der Waals surface area contributed by atoms with E-state index in [9.17, 15) is 19.8 Å². The minimum absolute atomic E-state index is 0.0203. The van der Waals surface area contributed by atoms with Crippen molar-refractivity contribution in [2.45, 2.75) is 373 Å². The third kappa shape index (κ3) is 55.9. The summed E-state index contributed by atoms with van der Waals surface area (Å²) in [7, 11) is 0. The van der Waals surface area contributed by atoms with Gasteiger partial charge in [-0.1, -0.05) is 328 Å². The van der Waals surface area contributed by atoms with Crippen LogP contribution in [0.25, 0.3) is 0 Å². The molecule has 0 radical (unpaired) electrons. The van der Waals surface area contributed by atoms with Gasteiger partial charge in [-0.25, -0.2) is 0 Å². The van der Waals surface area contributed by atoms with E-state index in [4.69, 9.17) is 4.74 Å². The lowest BCUT2D eigenvalue weighted by Crippen LogP contribution is -2.45. The number of nitrogens with one attached hydrogen (secondary N) is 1. The lowest BCUT2D eigenvalue weighted by Gasteiger charge is -2.20. The fourth-order valence-electron chi connectivity index (χ4n) is 10.2. The Kier molecular flexibility index (Phi) is 59.0. The number of unbranched alkanes of at least 4 members (excludes halogenated alkanes) is 49. The molecule has 0 aromatic heterocycles. The molecule has 1 amide bonds. The Bertz CT molecular complexity index is 1050. The summed E-state index contributed by atoms with van der Waals surface area (Å²) in [5, 5.41) is 23.1. The summed E-state index contributed by atoms with van der Waals surface area (Å²) < 4.78 is 5.48. The van der Waals surface area contributed by atoms with Crippen molar-refractivity contribution in [1.82, 2.24) is 5.32 Å². The molecule has 0 aromatic rings. The number of amides is 1. The molecule has 0 saturated carbocycles. The third-order valence-electron chi connectivity index (χ3n) is 15.1. The highest BCUT2D eigenvalue weighted by molar-refractivity contribution is 5.76. The lowest BCUT2D eigenvalue weighted by atomic mass is 10.0. The zero-order valence-electron chi connectivity index (χ0n) is 47.5. The molecule has 0 aliphatic heterocycles. The van der Waals surface area contributed by atoms with E-state index in [1.54, 1.807) is 6.08 Å².